The summed E-state index contributed by atoms with van der Waals surface area (Å²) in [5.74, 6) is 0.149. The van der Waals surface area contributed by atoms with Crippen LogP contribution < -0.4 is 5.32 Å². The predicted molar refractivity (Wildman–Crippen MR) is 75.7 cm³/mol. The quantitative estimate of drug-likeness (QED) is 0.697. The smallest absolute Gasteiger partial charge is 0.236 e. The molecule has 0 heterocycles. The summed E-state index contributed by atoms with van der Waals surface area (Å²) in [7, 11) is 5.82. The highest BCUT2D eigenvalue weighted by Gasteiger charge is 2.17. The average molecular weight is 255 g/mol. The van der Waals surface area contributed by atoms with E-state index in [2.05, 4.69) is 17.3 Å². The van der Waals surface area contributed by atoms with Crippen molar-refractivity contribution >= 4 is 5.91 Å². The first-order valence-electron chi connectivity index (χ1n) is 7.22. The maximum absolute atomic E-state index is 11.3. The highest BCUT2D eigenvalue weighted by molar-refractivity contribution is 5.77. The molecular formula is C14H29N3O. The van der Waals surface area contributed by atoms with Crippen LogP contribution in [0.4, 0.5) is 0 Å². The van der Waals surface area contributed by atoms with E-state index < -0.39 is 0 Å². The molecule has 1 N–H and O–H groups in total. The number of nitrogens with zero attached hydrogens (tertiary/aromatic N) is 2. The van der Waals surface area contributed by atoms with Crippen LogP contribution in [0.25, 0.3) is 0 Å². The van der Waals surface area contributed by atoms with E-state index in [1.807, 2.05) is 0 Å². The normalized spacial score (nSPS) is 17.1. The van der Waals surface area contributed by atoms with Gasteiger partial charge in [0.1, 0.15) is 0 Å². The first-order chi connectivity index (χ1) is 8.61. The number of carbonyl (C=O) groups is 1. The Hall–Kier alpha value is -0.610. The van der Waals surface area contributed by atoms with E-state index in [-0.39, 0.29) is 5.91 Å². The summed E-state index contributed by atoms with van der Waals surface area (Å²) in [6, 6.07) is 0.794. The van der Waals surface area contributed by atoms with E-state index in [0.717, 1.165) is 25.6 Å². The summed E-state index contributed by atoms with van der Waals surface area (Å²) in [5.41, 5.74) is 0. The van der Waals surface area contributed by atoms with Crippen molar-refractivity contribution in [2.24, 2.45) is 0 Å². The van der Waals surface area contributed by atoms with Crippen LogP contribution in [0.2, 0.25) is 0 Å². The van der Waals surface area contributed by atoms with Crippen molar-refractivity contribution in [1.82, 2.24) is 15.1 Å². The van der Waals surface area contributed by atoms with Crippen LogP contribution >= 0.6 is 0 Å². The maximum atomic E-state index is 11.3. The maximum Gasteiger partial charge on any atom is 0.236 e. The van der Waals surface area contributed by atoms with Gasteiger partial charge in [-0.2, -0.15) is 0 Å². The largest absolute Gasteiger partial charge is 0.348 e. The number of nitrogens with one attached hydrogen (secondary N) is 1. The number of hydrogen-bond acceptors (Lipinski definition) is 3. The molecule has 0 aromatic rings. The molecule has 0 aromatic heterocycles. The van der Waals surface area contributed by atoms with Gasteiger partial charge in [-0.15, -0.1) is 0 Å². The first kappa shape index (κ1) is 15.4. The van der Waals surface area contributed by atoms with Gasteiger partial charge >= 0.3 is 0 Å². The van der Waals surface area contributed by atoms with Crippen molar-refractivity contribution in [2.45, 2.75) is 44.6 Å². The van der Waals surface area contributed by atoms with Crippen LogP contribution in [0.3, 0.4) is 0 Å². The van der Waals surface area contributed by atoms with Crippen LogP contribution in [0, 0.1) is 0 Å². The van der Waals surface area contributed by atoms with Crippen molar-refractivity contribution in [2.75, 3.05) is 40.8 Å². The van der Waals surface area contributed by atoms with Crippen LogP contribution in [-0.2, 0) is 4.79 Å². The number of likely N-dealkylation sites (N-methyl/N-ethyl adjacent to an activating group) is 1. The molecule has 0 spiro atoms. The third-order valence-electron chi connectivity index (χ3n) is 3.84. The van der Waals surface area contributed by atoms with Gasteiger partial charge in [-0.25, -0.2) is 0 Å². The lowest BCUT2D eigenvalue weighted by Crippen LogP contribution is -2.37. The van der Waals surface area contributed by atoms with Crippen LogP contribution in [-0.4, -0.2) is 62.5 Å². The summed E-state index contributed by atoms with van der Waals surface area (Å²) in [4.78, 5) is 15.5. The van der Waals surface area contributed by atoms with Gasteiger partial charge in [0, 0.05) is 20.1 Å². The zero-order valence-corrected chi connectivity index (χ0v) is 12.2. The predicted octanol–water partition coefficient (Wildman–Crippen LogP) is 1.32. The molecule has 1 amide bonds. The number of rotatable bonds is 7. The van der Waals surface area contributed by atoms with Gasteiger partial charge in [-0.05, 0) is 39.4 Å². The number of hydrogen-bond donors (Lipinski definition) is 1. The van der Waals surface area contributed by atoms with Gasteiger partial charge in [0.2, 0.25) is 5.91 Å². The summed E-state index contributed by atoms with van der Waals surface area (Å²) < 4.78 is 0. The van der Waals surface area contributed by atoms with Gasteiger partial charge in [-0.3, -0.25) is 4.79 Å². The molecule has 4 nitrogen and oxygen atoms in total. The summed E-state index contributed by atoms with van der Waals surface area (Å²) in [6.07, 6.45) is 8.05. The molecule has 4 heteroatoms. The van der Waals surface area contributed by atoms with E-state index >= 15 is 0 Å². The molecule has 1 saturated carbocycles. The fourth-order valence-corrected chi connectivity index (χ4v) is 2.51. The van der Waals surface area contributed by atoms with Gasteiger partial charge in [0.15, 0.2) is 0 Å². The van der Waals surface area contributed by atoms with E-state index in [1.165, 1.54) is 32.1 Å². The zero-order valence-electron chi connectivity index (χ0n) is 12.2. The Morgan fingerprint density at radius 1 is 1.17 bits per heavy atom. The monoisotopic (exact) mass is 255 g/mol. The highest BCUT2D eigenvalue weighted by atomic mass is 16.2. The molecule has 18 heavy (non-hydrogen) atoms. The second-order valence-corrected chi connectivity index (χ2v) is 5.59. The molecule has 106 valence electrons. The second kappa shape index (κ2) is 8.48. The molecule has 1 rings (SSSR count). The molecular weight excluding hydrogens is 226 g/mol. The molecule has 0 aromatic carbocycles. The topological polar surface area (TPSA) is 35.6 Å². The SMILES string of the molecule is CN(C)C(=O)CNCCCN(C)C1CCCCC1. The van der Waals surface area contributed by atoms with Crippen molar-refractivity contribution < 1.29 is 4.79 Å². The molecule has 0 atom stereocenters. The molecule has 1 fully saturated rings. The van der Waals surface area contributed by atoms with Gasteiger partial charge in [0.05, 0.1) is 6.54 Å². The van der Waals surface area contributed by atoms with Crippen molar-refractivity contribution in [3.8, 4) is 0 Å². The van der Waals surface area contributed by atoms with Crippen LogP contribution in [0.15, 0.2) is 0 Å². The second-order valence-electron chi connectivity index (χ2n) is 5.59. The fourth-order valence-electron chi connectivity index (χ4n) is 2.51. The van der Waals surface area contributed by atoms with Gasteiger partial charge in [-0.1, -0.05) is 19.3 Å². The minimum Gasteiger partial charge on any atom is -0.348 e. The Bertz CT molecular complexity index is 237. The Morgan fingerprint density at radius 3 is 2.44 bits per heavy atom. The molecule has 0 aliphatic heterocycles. The minimum atomic E-state index is 0.149. The summed E-state index contributed by atoms with van der Waals surface area (Å²) in [5, 5.41) is 3.21. The van der Waals surface area contributed by atoms with Gasteiger partial charge in [0.25, 0.3) is 0 Å². The lowest BCUT2D eigenvalue weighted by atomic mass is 9.94. The lowest BCUT2D eigenvalue weighted by Gasteiger charge is -2.31. The van der Waals surface area contributed by atoms with Crippen molar-refractivity contribution in [3.63, 3.8) is 0 Å². The number of carbonyl (C=O) groups excluding carboxylic acids is 1. The van der Waals surface area contributed by atoms with Crippen molar-refractivity contribution in [1.29, 1.82) is 0 Å². The van der Waals surface area contributed by atoms with E-state index in [4.69, 9.17) is 0 Å². The molecule has 1 aliphatic rings. The first-order valence-corrected chi connectivity index (χ1v) is 7.22. The third kappa shape index (κ3) is 5.83. The molecule has 0 radical (unpaired) electrons. The molecule has 1 aliphatic carbocycles. The van der Waals surface area contributed by atoms with Crippen LogP contribution in [0.5, 0.6) is 0 Å². The Morgan fingerprint density at radius 2 is 1.83 bits per heavy atom. The number of amides is 1. The van der Waals surface area contributed by atoms with Crippen molar-refractivity contribution in [3.05, 3.63) is 0 Å². The minimum absolute atomic E-state index is 0.149. The Balaban J connectivity index is 2.01. The van der Waals surface area contributed by atoms with E-state index in [0.29, 0.717) is 6.54 Å². The third-order valence-corrected chi connectivity index (χ3v) is 3.84. The fraction of sp³-hybridized carbons (Fsp3) is 0.929. The molecule has 0 bridgehead atoms. The summed E-state index contributed by atoms with van der Waals surface area (Å²) >= 11 is 0. The Labute approximate surface area is 112 Å². The average Bonchev–Trinajstić information content (AvgIpc) is 2.38. The highest BCUT2D eigenvalue weighted by Crippen LogP contribution is 2.21. The zero-order chi connectivity index (χ0) is 13.4. The molecule has 0 unspecified atom stereocenters. The van der Waals surface area contributed by atoms with Crippen LogP contribution in [0.1, 0.15) is 38.5 Å². The van der Waals surface area contributed by atoms with E-state index in [1.54, 1.807) is 19.0 Å². The summed E-state index contributed by atoms with van der Waals surface area (Å²) in [6.45, 7) is 2.52. The van der Waals surface area contributed by atoms with E-state index in [9.17, 15) is 4.79 Å². The standard InChI is InChI=1S/C14H29N3O/c1-16(2)14(18)12-15-10-7-11-17(3)13-8-5-4-6-9-13/h13,15H,4-12H2,1-3H3. The molecule has 0 saturated heterocycles. The Kier molecular flexibility index (Phi) is 7.28. The lowest BCUT2D eigenvalue weighted by molar-refractivity contribution is -0.127. The van der Waals surface area contributed by atoms with Gasteiger partial charge < -0.3 is 15.1 Å².